The van der Waals surface area contributed by atoms with Crippen molar-refractivity contribution in [3.8, 4) is 5.75 Å². The molecule has 1 N–H and O–H groups in total. The molecule has 0 saturated carbocycles. The maximum atomic E-state index is 12.4. The van der Waals surface area contributed by atoms with Crippen LogP contribution in [0.25, 0.3) is 0 Å². The van der Waals surface area contributed by atoms with Gasteiger partial charge in [0, 0.05) is 17.6 Å². The Balaban J connectivity index is 2.07. The summed E-state index contributed by atoms with van der Waals surface area (Å²) in [7, 11) is 1.54. The number of nitrogens with zero attached hydrogens (tertiary/aromatic N) is 1. The Morgan fingerprint density at radius 1 is 1.57 bits per heavy atom. The second-order valence-corrected chi connectivity index (χ2v) is 6.39. The number of ether oxygens (including phenoxy) is 1. The number of methoxy groups -OCH3 is 1. The Morgan fingerprint density at radius 2 is 2.33 bits per heavy atom. The molecular weight excluding hydrogens is 356 g/mol. The molecule has 0 aliphatic carbocycles. The molecule has 1 aliphatic heterocycles. The fourth-order valence-corrected chi connectivity index (χ4v) is 3.76. The molecule has 21 heavy (non-hydrogen) atoms. The van der Waals surface area contributed by atoms with Crippen LogP contribution in [0.5, 0.6) is 5.75 Å². The molecule has 0 spiro atoms. The molecule has 4 nitrogen and oxygen atoms in total. The summed E-state index contributed by atoms with van der Waals surface area (Å²) in [5.41, 5.74) is 0.456. The van der Waals surface area contributed by atoms with Crippen molar-refractivity contribution in [2.24, 2.45) is 0 Å². The second kappa shape index (κ2) is 7.47. The number of hydrogen-bond donors (Lipinski definition) is 1. The Bertz CT molecular complexity index is 525. The van der Waals surface area contributed by atoms with E-state index in [0.717, 1.165) is 19.5 Å². The number of carbonyl (C=O) groups is 1. The molecule has 116 valence electrons. The number of likely N-dealkylation sites (N-methyl/N-ethyl adjacent to an activating group) is 1. The normalized spacial score (nSPS) is 18.8. The Morgan fingerprint density at radius 3 is 3.00 bits per heavy atom. The van der Waals surface area contributed by atoms with Crippen LogP contribution in [-0.2, 0) is 0 Å². The van der Waals surface area contributed by atoms with Crippen LogP contribution in [-0.4, -0.2) is 43.6 Å². The summed E-state index contributed by atoms with van der Waals surface area (Å²) >= 11 is 9.39. The minimum Gasteiger partial charge on any atom is -0.495 e. The molecule has 1 aromatic carbocycles. The number of benzene rings is 1. The van der Waals surface area contributed by atoms with Crippen molar-refractivity contribution < 1.29 is 9.53 Å². The summed E-state index contributed by atoms with van der Waals surface area (Å²) in [5.74, 6) is 0.355. The molecule has 6 heteroatoms. The van der Waals surface area contributed by atoms with Gasteiger partial charge in [-0.25, -0.2) is 0 Å². The van der Waals surface area contributed by atoms with Gasteiger partial charge in [-0.15, -0.1) is 0 Å². The van der Waals surface area contributed by atoms with Crippen LogP contribution in [0.4, 0.5) is 0 Å². The largest absolute Gasteiger partial charge is 0.495 e. The summed E-state index contributed by atoms with van der Waals surface area (Å²) in [5, 5.41) is 3.50. The predicted molar refractivity (Wildman–Crippen MR) is 88.3 cm³/mol. The molecular formula is C15H20BrClN2O2. The maximum Gasteiger partial charge on any atom is 0.255 e. The highest BCUT2D eigenvalue weighted by Crippen LogP contribution is 2.32. The SMILES string of the molecule is CCN1CCC[C@H]1CNC(=O)c1cc(Cl)cc(Br)c1OC. The molecule has 0 bridgehead atoms. The van der Waals surface area contributed by atoms with E-state index in [1.165, 1.54) is 6.42 Å². The minimum atomic E-state index is -0.155. The fraction of sp³-hybridized carbons (Fsp3) is 0.533. The van der Waals surface area contributed by atoms with E-state index < -0.39 is 0 Å². The van der Waals surface area contributed by atoms with E-state index >= 15 is 0 Å². The van der Waals surface area contributed by atoms with E-state index in [-0.39, 0.29) is 5.91 Å². The molecule has 1 fully saturated rings. The highest BCUT2D eigenvalue weighted by Gasteiger charge is 2.24. The van der Waals surface area contributed by atoms with Gasteiger partial charge in [0.15, 0.2) is 0 Å². The number of rotatable bonds is 5. The van der Waals surface area contributed by atoms with Crippen molar-refractivity contribution in [2.75, 3.05) is 26.7 Å². The van der Waals surface area contributed by atoms with Crippen LogP contribution < -0.4 is 10.1 Å². The monoisotopic (exact) mass is 374 g/mol. The zero-order chi connectivity index (χ0) is 15.4. The van der Waals surface area contributed by atoms with Gasteiger partial charge in [0.2, 0.25) is 0 Å². The average Bonchev–Trinajstić information content (AvgIpc) is 2.91. The van der Waals surface area contributed by atoms with Crippen LogP contribution in [0.3, 0.4) is 0 Å². The average molecular weight is 376 g/mol. The molecule has 0 radical (unpaired) electrons. The summed E-state index contributed by atoms with van der Waals surface area (Å²) < 4.78 is 5.97. The molecule has 0 unspecified atom stereocenters. The van der Waals surface area contributed by atoms with Crippen LogP contribution in [0.15, 0.2) is 16.6 Å². The first-order chi connectivity index (χ1) is 10.1. The maximum absolute atomic E-state index is 12.4. The third-order valence-corrected chi connectivity index (χ3v) is 4.67. The van der Waals surface area contributed by atoms with Crippen LogP contribution >= 0.6 is 27.5 Å². The van der Waals surface area contributed by atoms with Gasteiger partial charge in [-0.05, 0) is 54.0 Å². The summed E-state index contributed by atoms with van der Waals surface area (Å²) in [6.45, 7) is 4.94. The molecule has 1 heterocycles. The number of amides is 1. The Kier molecular flexibility index (Phi) is 5.90. The van der Waals surface area contributed by atoms with E-state index in [9.17, 15) is 4.79 Å². The highest BCUT2D eigenvalue weighted by molar-refractivity contribution is 9.10. The smallest absolute Gasteiger partial charge is 0.255 e. The van der Waals surface area contributed by atoms with Gasteiger partial charge in [-0.1, -0.05) is 18.5 Å². The van der Waals surface area contributed by atoms with E-state index in [4.69, 9.17) is 16.3 Å². The lowest BCUT2D eigenvalue weighted by molar-refractivity contribution is 0.0938. The van der Waals surface area contributed by atoms with Crippen LogP contribution in [0.2, 0.25) is 5.02 Å². The number of carbonyl (C=O) groups excluding carboxylic acids is 1. The lowest BCUT2D eigenvalue weighted by Crippen LogP contribution is -2.40. The van der Waals surface area contributed by atoms with E-state index in [1.807, 2.05) is 0 Å². The minimum absolute atomic E-state index is 0.155. The first-order valence-electron chi connectivity index (χ1n) is 7.12. The molecule has 1 aliphatic rings. The molecule has 1 amide bonds. The van der Waals surface area contributed by atoms with Crippen molar-refractivity contribution in [3.63, 3.8) is 0 Å². The molecule has 0 aromatic heterocycles. The Hall–Kier alpha value is -0.780. The van der Waals surface area contributed by atoms with E-state index in [1.54, 1.807) is 19.2 Å². The van der Waals surface area contributed by atoms with Gasteiger partial charge in [-0.2, -0.15) is 0 Å². The van der Waals surface area contributed by atoms with Gasteiger partial charge in [0.1, 0.15) is 5.75 Å². The van der Waals surface area contributed by atoms with Crippen molar-refractivity contribution >= 4 is 33.4 Å². The lowest BCUT2D eigenvalue weighted by Gasteiger charge is -2.23. The van der Waals surface area contributed by atoms with Crippen molar-refractivity contribution in [3.05, 3.63) is 27.2 Å². The third kappa shape index (κ3) is 3.90. The standard InChI is InChI=1S/C15H20BrClN2O2/c1-3-19-6-4-5-11(19)9-18-15(20)12-7-10(17)8-13(16)14(12)21-2/h7-8,11H,3-6,9H2,1-2H3,(H,18,20)/t11-/m0/s1. The van der Waals surface area contributed by atoms with Crippen LogP contribution in [0.1, 0.15) is 30.1 Å². The van der Waals surface area contributed by atoms with Crippen LogP contribution in [0, 0.1) is 0 Å². The second-order valence-electron chi connectivity index (χ2n) is 5.10. The summed E-state index contributed by atoms with van der Waals surface area (Å²) in [6, 6.07) is 3.77. The number of halogens is 2. The highest BCUT2D eigenvalue weighted by atomic mass is 79.9. The summed E-state index contributed by atoms with van der Waals surface area (Å²) in [4.78, 5) is 14.8. The molecule has 2 rings (SSSR count). The third-order valence-electron chi connectivity index (χ3n) is 3.86. The first-order valence-corrected chi connectivity index (χ1v) is 8.29. The van der Waals surface area contributed by atoms with Crippen molar-refractivity contribution in [1.82, 2.24) is 10.2 Å². The van der Waals surface area contributed by atoms with E-state index in [2.05, 4.69) is 33.1 Å². The van der Waals surface area contributed by atoms with Crippen molar-refractivity contribution in [2.45, 2.75) is 25.8 Å². The molecule has 1 aromatic rings. The fourth-order valence-electron chi connectivity index (χ4n) is 2.78. The molecule has 1 saturated heterocycles. The van der Waals surface area contributed by atoms with Gasteiger partial charge in [-0.3, -0.25) is 9.69 Å². The zero-order valence-corrected chi connectivity index (χ0v) is 14.6. The van der Waals surface area contributed by atoms with Crippen molar-refractivity contribution in [1.29, 1.82) is 0 Å². The number of likely N-dealkylation sites (tertiary alicyclic amines) is 1. The van der Waals surface area contributed by atoms with Gasteiger partial charge in [0.05, 0.1) is 17.1 Å². The van der Waals surface area contributed by atoms with Gasteiger partial charge < -0.3 is 10.1 Å². The topological polar surface area (TPSA) is 41.6 Å². The predicted octanol–water partition coefficient (Wildman–Crippen LogP) is 3.33. The quantitative estimate of drug-likeness (QED) is 0.858. The molecule has 1 atom stereocenters. The van der Waals surface area contributed by atoms with E-state index in [0.29, 0.717) is 33.4 Å². The lowest BCUT2D eigenvalue weighted by atomic mass is 10.1. The Labute approximate surface area is 138 Å². The zero-order valence-electron chi connectivity index (χ0n) is 12.3. The number of hydrogen-bond acceptors (Lipinski definition) is 3. The first kappa shape index (κ1) is 16.6. The number of nitrogens with one attached hydrogen (secondary N) is 1. The summed E-state index contributed by atoms with van der Waals surface area (Å²) in [6.07, 6.45) is 2.32. The van der Waals surface area contributed by atoms with Gasteiger partial charge >= 0.3 is 0 Å². The van der Waals surface area contributed by atoms with Gasteiger partial charge in [0.25, 0.3) is 5.91 Å².